The van der Waals surface area contributed by atoms with E-state index in [0.717, 1.165) is 25.7 Å². The predicted molar refractivity (Wildman–Crippen MR) is 105 cm³/mol. The normalized spacial score (nSPS) is 15.8. The second-order valence-electron chi connectivity index (χ2n) is 7.04. The van der Waals surface area contributed by atoms with Gasteiger partial charge < -0.3 is 20.1 Å². The Hall–Kier alpha value is -2.57. The summed E-state index contributed by atoms with van der Waals surface area (Å²) >= 11 is 0. The third-order valence-corrected chi connectivity index (χ3v) is 4.85. The van der Waals surface area contributed by atoms with Gasteiger partial charge in [0.15, 0.2) is 6.10 Å². The van der Waals surface area contributed by atoms with Gasteiger partial charge in [-0.1, -0.05) is 37.8 Å². The third-order valence-electron chi connectivity index (χ3n) is 4.85. The second-order valence-corrected chi connectivity index (χ2v) is 7.04. The van der Waals surface area contributed by atoms with Crippen molar-refractivity contribution in [2.75, 3.05) is 13.7 Å². The average molecular weight is 390 g/mol. The van der Waals surface area contributed by atoms with E-state index >= 15 is 0 Å². The number of amides is 2. The number of hydrogen-bond acceptors (Lipinski definition) is 5. The molecule has 28 heavy (non-hydrogen) atoms. The van der Waals surface area contributed by atoms with Gasteiger partial charge in [-0.25, -0.2) is 0 Å². The first-order valence-corrected chi connectivity index (χ1v) is 9.92. The lowest BCUT2D eigenvalue weighted by Crippen LogP contribution is -2.42. The van der Waals surface area contributed by atoms with Crippen molar-refractivity contribution >= 4 is 17.8 Å². The van der Waals surface area contributed by atoms with Crippen LogP contribution in [0.5, 0.6) is 5.75 Å². The van der Waals surface area contributed by atoms with Crippen LogP contribution < -0.4 is 15.4 Å². The van der Waals surface area contributed by atoms with Gasteiger partial charge in [-0.3, -0.25) is 14.4 Å². The number of methoxy groups -OCH3 is 1. The van der Waals surface area contributed by atoms with Crippen LogP contribution in [-0.4, -0.2) is 43.6 Å². The standard InChI is InChI=1S/C21H30N2O5/c1-15(20(25)23-16-9-5-3-4-6-10-16)28-19(24)13-14-22-21(26)17-11-7-8-12-18(17)27-2/h7-8,11-12,15-16H,3-6,9-10,13-14H2,1-2H3,(H,22,26)(H,23,25)/t15-/m0/s1. The molecule has 1 aromatic rings. The van der Waals surface area contributed by atoms with E-state index in [4.69, 9.17) is 9.47 Å². The fourth-order valence-electron chi connectivity index (χ4n) is 3.26. The first-order chi connectivity index (χ1) is 13.5. The molecule has 0 radical (unpaired) electrons. The largest absolute Gasteiger partial charge is 0.496 e. The van der Waals surface area contributed by atoms with E-state index in [1.165, 1.54) is 20.0 Å². The third kappa shape index (κ3) is 6.87. The molecule has 2 N–H and O–H groups in total. The van der Waals surface area contributed by atoms with Crippen LogP contribution >= 0.6 is 0 Å². The molecule has 2 amide bonds. The number of carbonyl (C=O) groups is 3. The lowest BCUT2D eigenvalue weighted by atomic mass is 10.1. The van der Waals surface area contributed by atoms with E-state index in [-0.39, 0.29) is 30.8 Å². The minimum Gasteiger partial charge on any atom is -0.496 e. The van der Waals surface area contributed by atoms with Crippen molar-refractivity contribution in [3.8, 4) is 5.75 Å². The zero-order valence-electron chi connectivity index (χ0n) is 16.7. The van der Waals surface area contributed by atoms with Gasteiger partial charge in [-0.15, -0.1) is 0 Å². The molecule has 0 bridgehead atoms. The van der Waals surface area contributed by atoms with Crippen LogP contribution in [-0.2, 0) is 14.3 Å². The molecule has 1 aromatic carbocycles. The number of benzene rings is 1. The summed E-state index contributed by atoms with van der Waals surface area (Å²) in [5.74, 6) is -0.655. The minimum atomic E-state index is -0.847. The molecular formula is C21H30N2O5. The number of esters is 1. The summed E-state index contributed by atoms with van der Waals surface area (Å²) in [7, 11) is 1.49. The maximum atomic E-state index is 12.2. The lowest BCUT2D eigenvalue weighted by molar-refractivity contribution is -0.155. The number of rotatable bonds is 8. The number of para-hydroxylation sites is 1. The fraction of sp³-hybridized carbons (Fsp3) is 0.571. The fourth-order valence-corrected chi connectivity index (χ4v) is 3.26. The Labute approximate surface area is 166 Å². The minimum absolute atomic E-state index is 0.0120. The highest BCUT2D eigenvalue weighted by atomic mass is 16.5. The Morgan fingerprint density at radius 1 is 1.11 bits per heavy atom. The van der Waals surface area contributed by atoms with Crippen molar-refractivity contribution in [2.45, 2.75) is 64.0 Å². The van der Waals surface area contributed by atoms with Gasteiger partial charge in [-0.2, -0.15) is 0 Å². The summed E-state index contributed by atoms with van der Waals surface area (Å²) in [6.07, 6.45) is 5.73. The molecule has 0 aliphatic heterocycles. The zero-order valence-corrected chi connectivity index (χ0v) is 16.7. The highest BCUT2D eigenvalue weighted by Gasteiger charge is 2.22. The van der Waals surface area contributed by atoms with Crippen molar-refractivity contribution in [3.05, 3.63) is 29.8 Å². The molecule has 7 nitrogen and oxygen atoms in total. The predicted octanol–water partition coefficient (Wildman–Crippen LogP) is 2.59. The number of carbonyl (C=O) groups excluding carboxylic acids is 3. The van der Waals surface area contributed by atoms with Gasteiger partial charge in [-0.05, 0) is 31.9 Å². The van der Waals surface area contributed by atoms with Gasteiger partial charge in [0.2, 0.25) is 0 Å². The number of hydrogen-bond donors (Lipinski definition) is 2. The van der Waals surface area contributed by atoms with Crippen LogP contribution in [0.3, 0.4) is 0 Å². The summed E-state index contributed by atoms with van der Waals surface area (Å²) in [5, 5.41) is 5.63. The van der Waals surface area contributed by atoms with Crippen molar-refractivity contribution in [1.82, 2.24) is 10.6 Å². The Morgan fingerprint density at radius 3 is 2.46 bits per heavy atom. The first kappa shape index (κ1) is 21.7. The summed E-state index contributed by atoms with van der Waals surface area (Å²) < 4.78 is 10.3. The van der Waals surface area contributed by atoms with Crippen molar-refractivity contribution in [3.63, 3.8) is 0 Å². The van der Waals surface area contributed by atoms with Crippen LogP contribution in [0.1, 0.15) is 62.2 Å². The van der Waals surface area contributed by atoms with Gasteiger partial charge >= 0.3 is 5.97 Å². The summed E-state index contributed by atoms with van der Waals surface area (Å²) in [6.45, 7) is 1.68. The monoisotopic (exact) mass is 390 g/mol. The van der Waals surface area contributed by atoms with Crippen molar-refractivity contribution in [1.29, 1.82) is 0 Å². The molecule has 0 heterocycles. The molecule has 1 fully saturated rings. The Balaban J connectivity index is 1.71. The SMILES string of the molecule is COc1ccccc1C(=O)NCCC(=O)O[C@@H](C)C(=O)NC1CCCCCC1. The maximum absolute atomic E-state index is 12.2. The van der Waals surface area contributed by atoms with E-state index in [0.29, 0.717) is 11.3 Å². The molecule has 0 aromatic heterocycles. The van der Waals surface area contributed by atoms with Crippen LogP contribution in [0.25, 0.3) is 0 Å². The quantitative estimate of drug-likeness (QED) is 0.526. The van der Waals surface area contributed by atoms with Crippen LogP contribution in [0.15, 0.2) is 24.3 Å². The Kier molecular flexibility index (Phi) is 8.78. The van der Waals surface area contributed by atoms with E-state index in [1.807, 2.05) is 0 Å². The zero-order chi connectivity index (χ0) is 20.4. The van der Waals surface area contributed by atoms with E-state index in [2.05, 4.69) is 10.6 Å². The average Bonchev–Trinajstić information content (AvgIpc) is 2.96. The topological polar surface area (TPSA) is 93.7 Å². The van der Waals surface area contributed by atoms with Gasteiger partial charge in [0.25, 0.3) is 11.8 Å². The van der Waals surface area contributed by atoms with Gasteiger partial charge in [0, 0.05) is 12.6 Å². The molecule has 0 unspecified atom stereocenters. The molecule has 1 saturated carbocycles. The molecule has 1 atom stereocenters. The molecule has 0 spiro atoms. The van der Waals surface area contributed by atoms with Crippen molar-refractivity contribution in [2.24, 2.45) is 0 Å². The molecule has 7 heteroatoms. The lowest BCUT2D eigenvalue weighted by Gasteiger charge is -2.19. The summed E-state index contributed by atoms with van der Waals surface area (Å²) in [5.41, 5.74) is 0.398. The van der Waals surface area contributed by atoms with Gasteiger partial charge in [0.05, 0.1) is 19.1 Å². The molecule has 0 saturated heterocycles. The summed E-state index contributed by atoms with van der Waals surface area (Å²) in [4.78, 5) is 36.4. The molecule has 1 aliphatic carbocycles. The van der Waals surface area contributed by atoms with Crippen LogP contribution in [0.2, 0.25) is 0 Å². The highest BCUT2D eigenvalue weighted by molar-refractivity contribution is 5.97. The van der Waals surface area contributed by atoms with E-state index < -0.39 is 12.1 Å². The Morgan fingerprint density at radius 2 is 1.79 bits per heavy atom. The second kappa shape index (κ2) is 11.3. The maximum Gasteiger partial charge on any atom is 0.308 e. The van der Waals surface area contributed by atoms with E-state index in [1.54, 1.807) is 31.2 Å². The number of nitrogens with one attached hydrogen (secondary N) is 2. The van der Waals surface area contributed by atoms with Crippen molar-refractivity contribution < 1.29 is 23.9 Å². The molecular weight excluding hydrogens is 360 g/mol. The van der Waals surface area contributed by atoms with Crippen LogP contribution in [0.4, 0.5) is 0 Å². The van der Waals surface area contributed by atoms with Gasteiger partial charge in [0.1, 0.15) is 5.75 Å². The highest BCUT2D eigenvalue weighted by Crippen LogP contribution is 2.18. The first-order valence-electron chi connectivity index (χ1n) is 9.92. The molecule has 154 valence electrons. The van der Waals surface area contributed by atoms with E-state index in [9.17, 15) is 14.4 Å². The summed E-state index contributed by atoms with van der Waals surface area (Å²) in [6, 6.07) is 7.01. The molecule has 1 aliphatic rings. The Bertz CT molecular complexity index is 669. The smallest absolute Gasteiger partial charge is 0.308 e. The van der Waals surface area contributed by atoms with Crippen LogP contribution in [0, 0.1) is 0 Å². The number of ether oxygens (including phenoxy) is 2. The molecule has 2 rings (SSSR count).